The fraction of sp³-hybridized carbons (Fsp3) is 0.600. The first-order chi connectivity index (χ1) is 8.90. The van der Waals surface area contributed by atoms with E-state index >= 15 is 0 Å². The molecule has 0 radical (unpaired) electrons. The van der Waals surface area contributed by atoms with Gasteiger partial charge in [0.05, 0.1) is 10.7 Å². The first-order valence-corrected chi connectivity index (χ1v) is 7.30. The molecule has 0 spiro atoms. The van der Waals surface area contributed by atoms with E-state index in [-0.39, 0.29) is 6.04 Å². The van der Waals surface area contributed by atoms with Gasteiger partial charge in [-0.25, -0.2) is 0 Å². The van der Waals surface area contributed by atoms with Gasteiger partial charge in [0, 0.05) is 31.2 Å². The van der Waals surface area contributed by atoms with E-state index in [1.807, 2.05) is 13.0 Å². The molecular weight excluding hydrogens is 258 g/mol. The molecule has 1 saturated heterocycles. The molecule has 0 bridgehead atoms. The Morgan fingerprint density at radius 2 is 1.84 bits per heavy atom. The summed E-state index contributed by atoms with van der Waals surface area (Å²) in [5, 5.41) is 0.804. The smallest absolute Gasteiger partial charge is 0.0642 e. The molecule has 1 aromatic carbocycles. The Morgan fingerprint density at radius 1 is 1.26 bits per heavy atom. The maximum Gasteiger partial charge on any atom is 0.0642 e. The molecule has 0 aromatic heterocycles. The van der Waals surface area contributed by atoms with Gasteiger partial charge < -0.3 is 10.6 Å². The highest BCUT2D eigenvalue weighted by molar-refractivity contribution is 6.33. The molecule has 0 aliphatic carbocycles. The average molecular weight is 282 g/mol. The van der Waals surface area contributed by atoms with Gasteiger partial charge in [0.1, 0.15) is 0 Å². The van der Waals surface area contributed by atoms with Gasteiger partial charge in [-0.1, -0.05) is 17.7 Å². The fourth-order valence-electron chi connectivity index (χ4n) is 2.66. The van der Waals surface area contributed by atoms with E-state index in [1.54, 1.807) is 0 Å². The molecule has 2 rings (SSSR count). The first-order valence-electron chi connectivity index (χ1n) is 6.92. The van der Waals surface area contributed by atoms with Gasteiger partial charge in [-0.15, -0.1) is 0 Å². The van der Waals surface area contributed by atoms with Crippen molar-refractivity contribution in [2.24, 2.45) is 5.73 Å². The van der Waals surface area contributed by atoms with E-state index < -0.39 is 0 Å². The van der Waals surface area contributed by atoms with E-state index in [1.165, 1.54) is 0 Å². The van der Waals surface area contributed by atoms with Crippen LogP contribution in [-0.4, -0.2) is 37.1 Å². The minimum atomic E-state index is 0.0249. The molecular formula is C15H24ClN3. The van der Waals surface area contributed by atoms with Crippen molar-refractivity contribution in [2.45, 2.75) is 38.9 Å². The average Bonchev–Trinajstić information content (AvgIpc) is 2.35. The van der Waals surface area contributed by atoms with Gasteiger partial charge in [-0.05, 0) is 45.5 Å². The quantitative estimate of drug-likeness (QED) is 0.905. The molecule has 1 aromatic rings. The Balaban J connectivity index is 2.23. The second-order valence-electron chi connectivity index (χ2n) is 5.77. The molecule has 2 N–H and O–H groups in total. The van der Waals surface area contributed by atoms with Crippen LogP contribution in [-0.2, 0) is 0 Å². The number of benzene rings is 1. The zero-order chi connectivity index (χ0) is 14.2. The Bertz CT molecular complexity index is 435. The molecule has 0 amide bonds. The van der Waals surface area contributed by atoms with Crippen LogP contribution in [0.1, 0.15) is 32.4 Å². The van der Waals surface area contributed by atoms with Gasteiger partial charge in [0.15, 0.2) is 0 Å². The van der Waals surface area contributed by atoms with E-state index in [4.69, 9.17) is 17.3 Å². The molecule has 19 heavy (non-hydrogen) atoms. The summed E-state index contributed by atoms with van der Waals surface area (Å²) in [6.45, 7) is 8.52. The summed E-state index contributed by atoms with van der Waals surface area (Å²) in [5.74, 6) is 0. The van der Waals surface area contributed by atoms with E-state index in [2.05, 4.69) is 42.8 Å². The molecule has 3 atom stereocenters. The standard InChI is InChI=1S/C15H24ClN3/c1-10-8-19(9-11(2)18(10)4)15-6-5-13(12(3)17)7-14(15)16/h5-7,10-12H,8-9,17H2,1-4H3/t10?,11?,12-/m1/s1. The lowest BCUT2D eigenvalue weighted by molar-refractivity contribution is 0.170. The Kier molecular flexibility index (Phi) is 4.39. The summed E-state index contributed by atoms with van der Waals surface area (Å²) in [6.07, 6.45) is 0. The van der Waals surface area contributed by atoms with Crippen molar-refractivity contribution < 1.29 is 0 Å². The van der Waals surface area contributed by atoms with Crippen LogP contribution in [0.5, 0.6) is 0 Å². The van der Waals surface area contributed by atoms with Crippen LogP contribution in [0.25, 0.3) is 0 Å². The molecule has 2 unspecified atom stereocenters. The maximum absolute atomic E-state index is 6.43. The summed E-state index contributed by atoms with van der Waals surface area (Å²) < 4.78 is 0. The van der Waals surface area contributed by atoms with Gasteiger partial charge in [0.2, 0.25) is 0 Å². The van der Waals surface area contributed by atoms with Crippen LogP contribution in [0.2, 0.25) is 5.02 Å². The molecule has 106 valence electrons. The van der Waals surface area contributed by atoms with Crippen molar-refractivity contribution in [1.29, 1.82) is 0 Å². The normalized spacial score (nSPS) is 26.5. The third-order valence-electron chi connectivity index (χ3n) is 4.20. The highest BCUT2D eigenvalue weighted by Crippen LogP contribution is 2.30. The van der Waals surface area contributed by atoms with Crippen LogP contribution < -0.4 is 10.6 Å². The molecule has 3 nitrogen and oxygen atoms in total. The number of anilines is 1. The minimum absolute atomic E-state index is 0.0249. The number of nitrogens with two attached hydrogens (primary N) is 1. The van der Waals surface area contributed by atoms with Crippen LogP contribution in [0, 0.1) is 0 Å². The van der Waals surface area contributed by atoms with Gasteiger partial charge in [-0.3, -0.25) is 4.90 Å². The van der Waals surface area contributed by atoms with Crippen molar-refractivity contribution in [2.75, 3.05) is 25.0 Å². The number of hydrogen-bond acceptors (Lipinski definition) is 3. The molecule has 4 heteroatoms. The lowest BCUT2D eigenvalue weighted by atomic mass is 10.1. The number of piperazine rings is 1. The van der Waals surface area contributed by atoms with Crippen molar-refractivity contribution in [3.05, 3.63) is 28.8 Å². The first kappa shape index (κ1) is 14.6. The molecule has 1 heterocycles. The van der Waals surface area contributed by atoms with Crippen LogP contribution in [0.3, 0.4) is 0 Å². The summed E-state index contributed by atoms with van der Waals surface area (Å²) in [5.41, 5.74) is 8.10. The maximum atomic E-state index is 6.43. The van der Waals surface area contributed by atoms with Crippen LogP contribution in [0.15, 0.2) is 18.2 Å². The lowest BCUT2D eigenvalue weighted by Gasteiger charge is -2.43. The number of hydrogen-bond donors (Lipinski definition) is 1. The summed E-state index contributed by atoms with van der Waals surface area (Å²) in [7, 11) is 2.19. The topological polar surface area (TPSA) is 32.5 Å². The molecule has 0 saturated carbocycles. The highest BCUT2D eigenvalue weighted by Gasteiger charge is 2.27. The lowest BCUT2D eigenvalue weighted by Crippen LogP contribution is -2.55. The third-order valence-corrected chi connectivity index (χ3v) is 4.50. The zero-order valence-corrected chi connectivity index (χ0v) is 13.0. The van der Waals surface area contributed by atoms with E-state index in [0.717, 1.165) is 29.4 Å². The minimum Gasteiger partial charge on any atom is -0.367 e. The number of halogens is 1. The van der Waals surface area contributed by atoms with Gasteiger partial charge >= 0.3 is 0 Å². The summed E-state index contributed by atoms with van der Waals surface area (Å²) >= 11 is 6.43. The van der Waals surface area contributed by atoms with Gasteiger partial charge in [0.25, 0.3) is 0 Å². The van der Waals surface area contributed by atoms with Gasteiger partial charge in [-0.2, -0.15) is 0 Å². The monoisotopic (exact) mass is 281 g/mol. The number of rotatable bonds is 2. The number of nitrogens with zero attached hydrogens (tertiary/aromatic N) is 2. The largest absolute Gasteiger partial charge is 0.367 e. The van der Waals surface area contributed by atoms with Crippen molar-refractivity contribution in [3.8, 4) is 0 Å². The van der Waals surface area contributed by atoms with Crippen molar-refractivity contribution in [1.82, 2.24) is 4.90 Å². The second kappa shape index (κ2) is 5.70. The summed E-state index contributed by atoms with van der Waals surface area (Å²) in [4.78, 5) is 4.80. The Morgan fingerprint density at radius 3 is 2.32 bits per heavy atom. The summed E-state index contributed by atoms with van der Waals surface area (Å²) in [6, 6.07) is 7.28. The number of likely N-dealkylation sites (N-methyl/N-ethyl adjacent to an activating group) is 1. The van der Waals surface area contributed by atoms with E-state index in [9.17, 15) is 0 Å². The van der Waals surface area contributed by atoms with Crippen molar-refractivity contribution >= 4 is 17.3 Å². The SMILES string of the molecule is CC1CN(c2ccc([C@@H](C)N)cc2Cl)CC(C)N1C. The zero-order valence-electron chi connectivity index (χ0n) is 12.2. The molecule has 1 aliphatic rings. The highest BCUT2D eigenvalue weighted by atomic mass is 35.5. The predicted molar refractivity (Wildman–Crippen MR) is 83.0 cm³/mol. The fourth-order valence-corrected chi connectivity index (χ4v) is 2.97. The van der Waals surface area contributed by atoms with Crippen molar-refractivity contribution in [3.63, 3.8) is 0 Å². The third kappa shape index (κ3) is 3.04. The Labute approximate surface area is 121 Å². The second-order valence-corrected chi connectivity index (χ2v) is 6.18. The van der Waals surface area contributed by atoms with E-state index in [0.29, 0.717) is 12.1 Å². The van der Waals surface area contributed by atoms with Crippen LogP contribution in [0.4, 0.5) is 5.69 Å². The van der Waals surface area contributed by atoms with Crippen LogP contribution >= 0.6 is 11.6 Å². The predicted octanol–water partition coefficient (Wildman–Crippen LogP) is 2.89. The Hall–Kier alpha value is -0.770. The molecule has 1 fully saturated rings. The molecule has 1 aliphatic heterocycles.